The third-order valence-corrected chi connectivity index (χ3v) is 33.8. The number of rotatable bonds is 11. The van der Waals surface area contributed by atoms with Crippen molar-refractivity contribution in [3.8, 4) is 111 Å². The van der Waals surface area contributed by atoms with E-state index >= 15 is 0 Å². The summed E-state index contributed by atoms with van der Waals surface area (Å²) in [6.45, 7) is 79.9. The molecular weight excluding hydrogens is 1750 g/mol. The van der Waals surface area contributed by atoms with E-state index in [9.17, 15) is 0 Å². The predicted molar refractivity (Wildman–Crippen MR) is 627 cm³/mol. The Labute approximate surface area is 870 Å². The van der Waals surface area contributed by atoms with Crippen molar-refractivity contribution in [2.45, 2.75) is 306 Å². The molecule has 736 valence electrons. The molecule has 0 N–H and O–H groups in total. The van der Waals surface area contributed by atoms with Gasteiger partial charge in [-0.25, -0.2) is 0 Å². The predicted octanol–water partition coefficient (Wildman–Crippen LogP) is 40.6. The lowest BCUT2D eigenvalue weighted by atomic mass is 9.75. The topological polar surface area (TPSA) is 6.48 Å². The van der Waals surface area contributed by atoms with E-state index in [0.29, 0.717) is 0 Å². The number of nitrogens with zero attached hydrogens (tertiary/aromatic N) is 2. The second kappa shape index (κ2) is 34.1. The van der Waals surface area contributed by atoms with Crippen molar-refractivity contribution in [2.24, 2.45) is 0 Å². The SMILES string of the molecule is CC(C)(C)c1ccc(-c2ccc(N(c3ccc(C(C)(C)C)cc3)c3cc(-c4ccc5c(c4)C(C)(C)c4cc(C(C)(C)C)ccc4-5)c(C(C)(C)C)c(-c4ccc5c(c4)C(C)(C)c4cc(C(C)(C)C)ccc4-5)c3)cc2)cc1.CC(C)(C)c1ccc(N(c2cc(-c3ccc4c(c3)C(C)(C)c3cc(C(C)(C)C)ccc3-4)cc(-c3ccc4c(c3)C(C)(C)c3cc(C(C)(C)C)ccc3-4)c2)c2ccc3c(c2)C(C)(C)c2ccccc2-3)cc1. The van der Waals surface area contributed by atoms with Crippen LogP contribution in [0.2, 0.25) is 0 Å². The normalized spacial score (nSPS) is 15.2. The van der Waals surface area contributed by atoms with Gasteiger partial charge in [-0.15, -0.1) is 0 Å². The monoisotopic (exact) mass is 1900 g/mol. The largest absolute Gasteiger partial charge is 0.310 e. The first-order chi connectivity index (χ1) is 67.7. The maximum atomic E-state index is 2.54. The molecule has 0 radical (unpaired) electrons. The summed E-state index contributed by atoms with van der Waals surface area (Å²) in [4.78, 5) is 5.02. The van der Waals surface area contributed by atoms with Crippen molar-refractivity contribution < 1.29 is 0 Å². The molecule has 0 atom stereocenters. The van der Waals surface area contributed by atoms with Crippen LogP contribution in [0, 0.1) is 0 Å². The lowest BCUT2D eigenvalue weighted by molar-refractivity contribution is 0.584. The van der Waals surface area contributed by atoms with Gasteiger partial charge in [0.1, 0.15) is 0 Å². The Morgan fingerprint density at radius 3 is 0.669 bits per heavy atom. The summed E-state index contributed by atoms with van der Waals surface area (Å²) in [7, 11) is 0. The third kappa shape index (κ3) is 17.3. The van der Waals surface area contributed by atoms with E-state index in [-0.39, 0.29) is 70.4 Å². The molecule has 5 aliphatic rings. The van der Waals surface area contributed by atoms with E-state index in [0.717, 1.165) is 34.1 Å². The molecule has 0 heterocycles. The summed E-state index contributed by atoms with van der Waals surface area (Å²) in [6.07, 6.45) is 0. The maximum Gasteiger partial charge on any atom is 0.0474 e. The number of benzene rings is 16. The molecule has 0 amide bonds. The van der Waals surface area contributed by atoms with Gasteiger partial charge in [0, 0.05) is 61.2 Å². The zero-order chi connectivity index (χ0) is 104. The Kier molecular flexibility index (Phi) is 23.4. The molecule has 16 aromatic rings. The van der Waals surface area contributed by atoms with Gasteiger partial charge >= 0.3 is 0 Å². The van der Waals surface area contributed by atoms with Crippen LogP contribution >= 0.6 is 0 Å². The molecule has 0 saturated carbocycles. The number of hydrogen-bond acceptors (Lipinski definition) is 2. The zero-order valence-electron chi connectivity index (χ0n) is 93.4. The van der Waals surface area contributed by atoms with Crippen molar-refractivity contribution in [1.29, 1.82) is 0 Å². The van der Waals surface area contributed by atoms with Crippen LogP contribution in [0.4, 0.5) is 34.1 Å². The minimum Gasteiger partial charge on any atom is -0.310 e. The van der Waals surface area contributed by atoms with Crippen molar-refractivity contribution in [3.05, 3.63) is 416 Å². The van der Waals surface area contributed by atoms with E-state index in [1.165, 1.54) is 211 Å². The number of hydrogen-bond donors (Lipinski definition) is 0. The minimum atomic E-state index is -0.217. The van der Waals surface area contributed by atoms with E-state index in [2.05, 4.69) is 561 Å². The number of fused-ring (bicyclic) bond motifs is 15. The fourth-order valence-corrected chi connectivity index (χ4v) is 24.5. The molecule has 16 aromatic carbocycles. The summed E-state index contributed by atoms with van der Waals surface area (Å²) in [5.41, 5.74) is 56.9. The van der Waals surface area contributed by atoms with Gasteiger partial charge in [-0.2, -0.15) is 0 Å². The van der Waals surface area contributed by atoms with Gasteiger partial charge in [-0.3, -0.25) is 0 Å². The molecule has 2 nitrogen and oxygen atoms in total. The van der Waals surface area contributed by atoms with Crippen molar-refractivity contribution in [3.63, 3.8) is 0 Å². The van der Waals surface area contributed by atoms with Crippen LogP contribution in [0.3, 0.4) is 0 Å². The molecule has 21 rings (SSSR count). The van der Waals surface area contributed by atoms with Gasteiger partial charge in [0.25, 0.3) is 0 Å². The first kappa shape index (κ1) is 99.5. The molecular formula is C143H154N2. The molecule has 0 saturated heterocycles. The van der Waals surface area contributed by atoms with Gasteiger partial charge in [0.15, 0.2) is 0 Å². The number of anilines is 6. The van der Waals surface area contributed by atoms with Crippen LogP contribution in [0.25, 0.3) is 111 Å². The molecule has 145 heavy (non-hydrogen) atoms. The molecule has 0 fully saturated rings. The van der Waals surface area contributed by atoms with Crippen LogP contribution < -0.4 is 9.80 Å². The lowest BCUT2D eigenvalue weighted by Gasteiger charge is -2.33. The lowest BCUT2D eigenvalue weighted by Crippen LogP contribution is -2.19. The van der Waals surface area contributed by atoms with Gasteiger partial charge in [0.05, 0.1) is 0 Å². The van der Waals surface area contributed by atoms with E-state index in [1.54, 1.807) is 0 Å². The summed E-state index contributed by atoms with van der Waals surface area (Å²) < 4.78 is 0. The molecule has 0 bridgehead atoms. The van der Waals surface area contributed by atoms with Gasteiger partial charge in [0.2, 0.25) is 0 Å². The average Bonchev–Trinajstić information content (AvgIpc) is 1.55. The Bertz CT molecular complexity index is 7580. The Balaban J connectivity index is 0.000000177. The first-order valence-corrected chi connectivity index (χ1v) is 53.5. The molecule has 0 aromatic heterocycles. The molecule has 0 spiro atoms. The molecule has 5 aliphatic carbocycles. The average molecular weight is 1900 g/mol. The van der Waals surface area contributed by atoms with Gasteiger partial charge in [-0.1, -0.05) is 448 Å². The highest BCUT2D eigenvalue weighted by molar-refractivity contribution is 5.96. The Morgan fingerprint density at radius 1 is 0.138 bits per heavy atom. The van der Waals surface area contributed by atoms with E-state index < -0.39 is 0 Å². The maximum absolute atomic E-state index is 2.54. The van der Waals surface area contributed by atoms with Gasteiger partial charge < -0.3 is 9.80 Å². The highest BCUT2D eigenvalue weighted by atomic mass is 15.1. The van der Waals surface area contributed by atoms with E-state index in [1.807, 2.05) is 0 Å². The Hall–Kier alpha value is -12.9. The molecule has 2 heteroatoms. The molecule has 0 aliphatic heterocycles. The second-order valence-electron chi connectivity index (χ2n) is 54.1. The van der Waals surface area contributed by atoms with Crippen molar-refractivity contribution in [2.75, 3.05) is 9.80 Å². The minimum absolute atomic E-state index is 0.0207. The fourth-order valence-electron chi connectivity index (χ4n) is 24.5. The highest BCUT2D eigenvalue weighted by Gasteiger charge is 2.44. The van der Waals surface area contributed by atoms with Crippen LogP contribution in [0.15, 0.2) is 315 Å². The van der Waals surface area contributed by atoms with Crippen LogP contribution in [-0.2, 0) is 70.4 Å². The third-order valence-electron chi connectivity index (χ3n) is 33.8. The summed E-state index contributed by atoms with van der Waals surface area (Å²) in [5.74, 6) is 0. The summed E-state index contributed by atoms with van der Waals surface area (Å²) in [5, 5.41) is 0. The zero-order valence-corrected chi connectivity index (χ0v) is 93.4. The summed E-state index contributed by atoms with van der Waals surface area (Å²) >= 11 is 0. The van der Waals surface area contributed by atoms with Crippen molar-refractivity contribution in [1.82, 2.24) is 0 Å². The van der Waals surface area contributed by atoms with Crippen molar-refractivity contribution >= 4 is 34.1 Å². The smallest absolute Gasteiger partial charge is 0.0474 e. The second-order valence-corrected chi connectivity index (χ2v) is 54.1. The van der Waals surface area contributed by atoms with E-state index in [4.69, 9.17) is 0 Å². The summed E-state index contributed by atoms with van der Waals surface area (Å²) in [6, 6.07) is 124. The van der Waals surface area contributed by atoms with Crippen LogP contribution in [0.5, 0.6) is 0 Å². The first-order valence-electron chi connectivity index (χ1n) is 53.5. The van der Waals surface area contributed by atoms with Gasteiger partial charge in [-0.05, 0) is 358 Å². The quantitative estimate of drug-likeness (QED) is 0.127. The molecule has 0 unspecified atom stereocenters. The Morgan fingerprint density at radius 2 is 0.352 bits per heavy atom. The standard InChI is InChI=1S/C74H83N.C69H71N/c1-68(2,3)50-26-20-46(21-27-50)47-22-32-54(33-23-47)75(55-34-28-51(29-35-55)69(4,5)6)56-44-61(48-24-36-57-59-38-30-52(70(7,8)9)42-65(59)73(16,17)63(57)40-48)67(72(13,14)15)62(45-56)49-25-37-58-60-39-31-53(71(10,11)12)43-66(60)74(18,19)64(58)41-49;1-64(2,3)46-22-26-49(27-23-46)70(50-28-33-57-52-18-16-17-19-58(52)67(10,11)63(57)41-50)51-35-44(42-20-29-53-55-31-24-47(65(4,5)6)39-61(55)68(12,13)59(53)37-42)34-45(36-51)43-21-30-54-56-32-25-48(66(7,8)9)40-62(56)69(14,15)60(54)38-43/h20-45H,1-19H3;16-41H,1-15H3. The van der Waals surface area contributed by atoms with Crippen LogP contribution in [0.1, 0.15) is 336 Å². The fraction of sp³-hybridized carbons (Fsp3) is 0.329. The highest BCUT2D eigenvalue weighted by Crippen LogP contribution is 2.60. The van der Waals surface area contributed by atoms with Crippen LogP contribution in [-0.4, -0.2) is 0 Å².